The number of nitrogens with zero attached hydrogens (tertiary/aromatic N) is 3. The molecule has 1 atom stereocenters. The maximum absolute atomic E-state index is 12.8. The van der Waals surface area contributed by atoms with E-state index in [1.165, 1.54) is 0 Å². The van der Waals surface area contributed by atoms with Gasteiger partial charge in [-0.05, 0) is 41.5 Å². The van der Waals surface area contributed by atoms with Gasteiger partial charge in [-0.1, -0.05) is 29.8 Å². The van der Waals surface area contributed by atoms with Crippen LogP contribution >= 0.6 is 11.6 Å². The molecule has 0 spiro atoms. The Morgan fingerprint density at radius 3 is 2.64 bits per heavy atom. The Bertz CT molecular complexity index is 1040. The van der Waals surface area contributed by atoms with Crippen molar-refractivity contribution in [3.63, 3.8) is 0 Å². The van der Waals surface area contributed by atoms with E-state index < -0.39 is 0 Å². The van der Waals surface area contributed by atoms with Gasteiger partial charge in [0, 0.05) is 29.8 Å². The van der Waals surface area contributed by atoms with E-state index in [0.29, 0.717) is 17.3 Å². The first kappa shape index (κ1) is 18.0. The van der Waals surface area contributed by atoms with Crippen molar-refractivity contribution in [3.8, 4) is 0 Å². The number of benzene rings is 1. The fourth-order valence-corrected chi connectivity index (χ4v) is 3.03. The average Bonchev–Trinajstić information content (AvgIpc) is 3.40. The highest BCUT2D eigenvalue weighted by Crippen LogP contribution is 2.24. The Kier molecular flexibility index (Phi) is 5.21. The lowest BCUT2D eigenvalue weighted by Gasteiger charge is -2.19. The quantitative estimate of drug-likeness (QED) is 0.536. The van der Waals surface area contributed by atoms with Gasteiger partial charge in [-0.15, -0.1) is 0 Å². The monoisotopic (exact) mass is 392 g/mol. The molecule has 0 aliphatic heterocycles. The van der Waals surface area contributed by atoms with Gasteiger partial charge in [-0.25, -0.2) is 4.98 Å². The van der Waals surface area contributed by atoms with Crippen molar-refractivity contribution in [3.05, 3.63) is 107 Å². The van der Waals surface area contributed by atoms with Crippen molar-refractivity contribution >= 4 is 17.5 Å². The minimum atomic E-state index is -0.374. The normalized spacial score (nSPS) is 11.9. The molecule has 0 unspecified atom stereocenters. The number of hydrogen-bond acceptors (Lipinski definition) is 4. The molecule has 1 aromatic carbocycles. The molecule has 4 aromatic rings. The van der Waals surface area contributed by atoms with Crippen LogP contribution in [0.1, 0.15) is 33.5 Å². The third-order valence-electron chi connectivity index (χ3n) is 4.28. The summed E-state index contributed by atoms with van der Waals surface area (Å²) in [6.45, 7) is 0.510. The van der Waals surface area contributed by atoms with Gasteiger partial charge in [0.2, 0.25) is 0 Å². The molecule has 0 fully saturated rings. The second-order valence-corrected chi connectivity index (χ2v) is 6.68. The molecule has 0 saturated carbocycles. The van der Waals surface area contributed by atoms with Gasteiger partial charge in [0.05, 0.1) is 18.9 Å². The van der Waals surface area contributed by atoms with Crippen LogP contribution in [0.25, 0.3) is 0 Å². The number of aromatic nitrogens is 3. The number of carbonyl (C=O) groups excluding carboxylic acids is 1. The summed E-state index contributed by atoms with van der Waals surface area (Å²) >= 11 is 6.00. The van der Waals surface area contributed by atoms with E-state index in [1.807, 2.05) is 35.0 Å². The number of imidazole rings is 1. The van der Waals surface area contributed by atoms with Gasteiger partial charge in [0.1, 0.15) is 5.76 Å². The van der Waals surface area contributed by atoms with Crippen molar-refractivity contribution in [2.75, 3.05) is 0 Å². The minimum absolute atomic E-state index is 0.248. The molecule has 6 nitrogen and oxygen atoms in total. The van der Waals surface area contributed by atoms with E-state index in [2.05, 4.69) is 15.3 Å². The van der Waals surface area contributed by atoms with E-state index in [1.54, 1.807) is 49.2 Å². The van der Waals surface area contributed by atoms with Crippen LogP contribution in [0.5, 0.6) is 0 Å². The van der Waals surface area contributed by atoms with Gasteiger partial charge >= 0.3 is 0 Å². The van der Waals surface area contributed by atoms with E-state index >= 15 is 0 Å². The number of hydrogen-bond donors (Lipinski definition) is 1. The molecule has 0 bridgehead atoms. The van der Waals surface area contributed by atoms with Gasteiger partial charge in [-0.3, -0.25) is 9.78 Å². The number of halogens is 1. The van der Waals surface area contributed by atoms with Crippen LogP contribution in [0.2, 0.25) is 5.02 Å². The highest BCUT2D eigenvalue weighted by Gasteiger charge is 2.20. The summed E-state index contributed by atoms with van der Waals surface area (Å²) < 4.78 is 7.58. The smallest absolute Gasteiger partial charge is 0.287 e. The second-order valence-electron chi connectivity index (χ2n) is 6.25. The molecule has 1 amide bonds. The SMILES string of the molecule is O=C(N[C@H](c1ccc(Cl)cc1)c1cccnc1)c1ccc(Cn2ccnc2)o1. The largest absolute Gasteiger partial charge is 0.454 e. The van der Waals surface area contributed by atoms with Crippen LogP contribution in [0, 0.1) is 0 Å². The van der Waals surface area contributed by atoms with Crippen molar-refractivity contribution in [1.82, 2.24) is 19.9 Å². The minimum Gasteiger partial charge on any atom is -0.454 e. The third kappa shape index (κ3) is 4.13. The molecule has 0 aliphatic carbocycles. The van der Waals surface area contributed by atoms with Crippen LogP contribution in [-0.2, 0) is 6.54 Å². The fourth-order valence-electron chi connectivity index (χ4n) is 2.91. The molecule has 7 heteroatoms. The predicted octanol–water partition coefficient (Wildman–Crippen LogP) is 4.09. The zero-order valence-corrected chi connectivity index (χ0v) is 15.6. The summed E-state index contributed by atoms with van der Waals surface area (Å²) in [5.74, 6) is 0.617. The number of amides is 1. The highest BCUT2D eigenvalue weighted by molar-refractivity contribution is 6.30. The first-order valence-corrected chi connectivity index (χ1v) is 9.07. The van der Waals surface area contributed by atoms with Gasteiger partial charge in [-0.2, -0.15) is 0 Å². The van der Waals surface area contributed by atoms with Crippen LogP contribution in [0.15, 0.2) is 84.1 Å². The molecule has 3 heterocycles. The molecule has 3 aromatic heterocycles. The maximum atomic E-state index is 12.8. The molecule has 0 radical (unpaired) electrons. The van der Waals surface area contributed by atoms with Gasteiger partial charge in [0.25, 0.3) is 5.91 Å². The van der Waals surface area contributed by atoms with Crippen LogP contribution in [0.4, 0.5) is 0 Å². The predicted molar refractivity (Wildman–Crippen MR) is 105 cm³/mol. The summed E-state index contributed by atoms with van der Waals surface area (Å²) in [4.78, 5) is 21.0. The Morgan fingerprint density at radius 2 is 1.93 bits per heavy atom. The maximum Gasteiger partial charge on any atom is 0.287 e. The molecule has 4 rings (SSSR count). The molecule has 1 N–H and O–H groups in total. The van der Waals surface area contributed by atoms with Crippen molar-refractivity contribution in [2.45, 2.75) is 12.6 Å². The van der Waals surface area contributed by atoms with Gasteiger partial charge in [0.15, 0.2) is 5.76 Å². The van der Waals surface area contributed by atoms with Crippen molar-refractivity contribution in [2.24, 2.45) is 0 Å². The number of pyridine rings is 1. The number of rotatable bonds is 6. The first-order valence-electron chi connectivity index (χ1n) is 8.70. The molecule has 0 saturated heterocycles. The molecule has 28 heavy (non-hydrogen) atoms. The topological polar surface area (TPSA) is 73.0 Å². The Balaban J connectivity index is 1.55. The lowest BCUT2D eigenvalue weighted by atomic mass is 10.00. The van der Waals surface area contributed by atoms with Crippen molar-refractivity contribution in [1.29, 1.82) is 0 Å². The summed E-state index contributed by atoms with van der Waals surface area (Å²) in [5.41, 5.74) is 1.76. The molecular weight excluding hydrogens is 376 g/mol. The van der Waals surface area contributed by atoms with E-state index in [-0.39, 0.29) is 17.7 Å². The standard InChI is InChI=1S/C21H17ClN4O2/c22-17-5-3-15(4-6-17)20(16-2-1-9-23-12-16)25-21(27)19-8-7-18(28-19)13-26-11-10-24-14-26/h1-12,14,20H,13H2,(H,25,27)/t20-/m1/s1. The zero-order chi connectivity index (χ0) is 19.3. The summed E-state index contributed by atoms with van der Waals surface area (Å²) in [7, 11) is 0. The lowest BCUT2D eigenvalue weighted by Crippen LogP contribution is -2.29. The Morgan fingerprint density at radius 1 is 1.07 bits per heavy atom. The fraction of sp³-hybridized carbons (Fsp3) is 0.0952. The van der Waals surface area contributed by atoms with E-state index in [4.69, 9.17) is 16.0 Å². The summed E-state index contributed by atoms with van der Waals surface area (Å²) in [6, 6.07) is 14.2. The Labute approximate surface area is 166 Å². The summed E-state index contributed by atoms with van der Waals surface area (Å²) in [6.07, 6.45) is 8.65. The number of carbonyl (C=O) groups is 1. The second kappa shape index (κ2) is 8.10. The summed E-state index contributed by atoms with van der Waals surface area (Å²) in [5, 5.41) is 3.66. The molecule has 0 aliphatic rings. The number of nitrogens with one attached hydrogen (secondary N) is 1. The third-order valence-corrected chi connectivity index (χ3v) is 4.53. The average molecular weight is 393 g/mol. The van der Waals surface area contributed by atoms with E-state index in [9.17, 15) is 4.79 Å². The van der Waals surface area contributed by atoms with Crippen LogP contribution in [-0.4, -0.2) is 20.4 Å². The Hall–Kier alpha value is -3.38. The first-order chi connectivity index (χ1) is 13.7. The van der Waals surface area contributed by atoms with Crippen LogP contribution < -0.4 is 5.32 Å². The highest BCUT2D eigenvalue weighted by atomic mass is 35.5. The molecular formula is C21H17ClN4O2. The number of furan rings is 1. The van der Waals surface area contributed by atoms with E-state index in [0.717, 1.165) is 11.1 Å². The van der Waals surface area contributed by atoms with Gasteiger partial charge < -0.3 is 14.3 Å². The zero-order valence-electron chi connectivity index (χ0n) is 14.8. The van der Waals surface area contributed by atoms with Crippen molar-refractivity contribution < 1.29 is 9.21 Å². The molecule has 140 valence electrons. The lowest BCUT2D eigenvalue weighted by molar-refractivity contribution is 0.0913. The van der Waals surface area contributed by atoms with Crippen LogP contribution in [0.3, 0.4) is 0 Å².